The number of alkyl halides is 2. The Bertz CT molecular complexity index is 1410. The zero-order chi connectivity index (χ0) is 26.0. The molecular weight excluding hydrogens is 512 g/mol. The Balaban J connectivity index is 1.38. The van der Waals surface area contributed by atoms with Gasteiger partial charge in [-0.15, -0.1) is 0 Å². The van der Waals surface area contributed by atoms with Crippen molar-refractivity contribution in [3.05, 3.63) is 41.6 Å². The van der Waals surface area contributed by atoms with Gasteiger partial charge in [0.2, 0.25) is 10.0 Å². The number of anilines is 2. The van der Waals surface area contributed by atoms with E-state index in [4.69, 9.17) is 4.98 Å². The van der Waals surface area contributed by atoms with Gasteiger partial charge in [-0.3, -0.25) is 18.5 Å². The van der Waals surface area contributed by atoms with Crippen molar-refractivity contribution in [2.75, 3.05) is 54.6 Å². The third kappa shape index (κ3) is 4.57. The molecule has 9 nitrogen and oxygen atoms in total. The standard InChI is InChI=1S/C23H29F2N5O4S2/c1-16-4-6-19(15-28-8-10-29(11-9-28)35(3,31)32)26-22(16)17-5-7-20-21(12-17)27(2)36(33,34)30(20)14-18-13-23(18,24)25/h4-7,12,18H,8-11,13-15H2,1-3H3. The van der Waals surface area contributed by atoms with E-state index >= 15 is 0 Å². The molecule has 1 unspecified atom stereocenters. The van der Waals surface area contributed by atoms with E-state index in [9.17, 15) is 25.6 Å². The SMILES string of the molecule is Cc1ccc(CN2CCN(S(C)(=O)=O)CC2)nc1-c1ccc2c(c1)N(C)S(=O)(=O)N2CC1CC1(F)F. The predicted octanol–water partition coefficient (Wildman–Crippen LogP) is 2.29. The largest absolute Gasteiger partial charge is 0.326 e. The van der Waals surface area contributed by atoms with Gasteiger partial charge in [0.25, 0.3) is 5.92 Å². The number of piperazine rings is 1. The fourth-order valence-electron chi connectivity index (χ4n) is 4.79. The van der Waals surface area contributed by atoms with Crippen LogP contribution in [0.5, 0.6) is 0 Å². The summed E-state index contributed by atoms with van der Waals surface area (Å²) in [6.07, 6.45) is 0.922. The van der Waals surface area contributed by atoms with Gasteiger partial charge in [-0.25, -0.2) is 17.2 Å². The monoisotopic (exact) mass is 541 g/mol. The van der Waals surface area contributed by atoms with Gasteiger partial charge >= 0.3 is 10.2 Å². The molecule has 13 heteroatoms. The minimum Gasteiger partial charge on any atom is -0.295 e. The van der Waals surface area contributed by atoms with Gasteiger partial charge in [0.1, 0.15) is 0 Å². The number of benzene rings is 1. The Hall–Kier alpha value is -2.35. The van der Waals surface area contributed by atoms with Gasteiger partial charge in [-0.1, -0.05) is 12.1 Å². The summed E-state index contributed by atoms with van der Waals surface area (Å²) in [7, 11) is -5.69. The first kappa shape index (κ1) is 25.3. The van der Waals surface area contributed by atoms with Crippen LogP contribution in [0.2, 0.25) is 0 Å². The van der Waals surface area contributed by atoms with Gasteiger partial charge in [-0.05, 0) is 30.7 Å². The number of aromatic nitrogens is 1. The molecule has 1 atom stereocenters. The quantitative estimate of drug-likeness (QED) is 0.557. The van der Waals surface area contributed by atoms with E-state index in [1.54, 1.807) is 18.2 Å². The lowest BCUT2D eigenvalue weighted by Crippen LogP contribution is -2.47. The molecule has 2 aliphatic heterocycles. The van der Waals surface area contributed by atoms with Crippen LogP contribution in [0.1, 0.15) is 17.7 Å². The van der Waals surface area contributed by atoms with Gasteiger partial charge < -0.3 is 0 Å². The van der Waals surface area contributed by atoms with Crippen LogP contribution < -0.4 is 8.61 Å². The maximum atomic E-state index is 13.5. The molecule has 3 aliphatic rings. The number of hydrogen-bond donors (Lipinski definition) is 0. The van der Waals surface area contributed by atoms with E-state index in [-0.39, 0.29) is 13.0 Å². The number of rotatable bonds is 6. The predicted molar refractivity (Wildman–Crippen MR) is 134 cm³/mol. The third-order valence-electron chi connectivity index (χ3n) is 7.16. The molecule has 0 radical (unpaired) electrons. The summed E-state index contributed by atoms with van der Waals surface area (Å²) in [4.78, 5) is 6.98. The molecule has 1 saturated heterocycles. The minimum absolute atomic E-state index is 0.245. The fraction of sp³-hybridized carbons (Fsp3) is 0.522. The van der Waals surface area contributed by atoms with Crippen LogP contribution in [0, 0.1) is 12.8 Å². The lowest BCUT2D eigenvalue weighted by molar-refractivity contribution is 0.101. The van der Waals surface area contributed by atoms with Crippen LogP contribution in [-0.2, 0) is 26.8 Å². The van der Waals surface area contributed by atoms with Crippen LogP contribution in [0.4, 0.5) is 20.2 Å². The second-order valence-electron chi connectivity index (χ2n) is 9.78. The molecule has 1 aromatic heterocycles. The number of sulfonamides is 1. The molecule has 2 fully saturated rings. The number of nitrogens with zero attached hydrogens (tertiary/aromatic N) is 5. The molecule has 0 amide bonds. The summed E-state index contributed by atoms with van der Waals surface area (Å²) in [5.41, 5.74) is 4.00. The van der Waals surface area contributed by atoms with Crippen molar-refractivity contribution in [3.63, 3.8) is 0 Å². The lowest BCUT2D eigenvalue weighted by atomic mass is 10.0. The van der Waals surface area contributed by atoms with Crippen molar-refractivity contribution >= 4 is 31.6 Å². The summed E-state index contributed by atoms with van der Waals surface area (Å²) in [6, 6.07) is 9.06. The molecule has 0 bridgehead atoms. The van der Waals surface area contributed by atoms with Gasteiger partial charge in [0.15, 0.2) is 0 Å². The highest BCUT2D eigenvalue weighted by atomic mass is 32.2. The number of fused-ring (bicyclic) bond motifs is 1. The molecule has 5 rings (SSSR count). The first-order valence-electron chi connectivity index (χ1n) is 11.7. The Labute approximate surface area is 210 Å². The van der Waals surface area contributed by atoms with Crippen molar-refractivity contribution in [1.29, 1.82) is 0 Å². The van der Waals surface area contributed by atoms with Crippen LogP contribution >= 0.6 is 0 Å². The van der Waals surface area contributed by atoms with Crippen molar-refractivity contribution in [2.45, 2.75) is 25.8 Å². The first-order valence-corrected chi connectivity index (χ1v) is 14.9. The minimum atomic E-state index is -3.92. The van der Waals surface area contributed by atoms with E-state index < -0.39 is 32.1 Å². The maximum Gasteiger partial charge on any atom is 0.326 e. The first-order chi connectivity index (χ1) is 16.8. The number of aryl methyl sites for hydroxylation is 1. The van der Waals surface area contributed by atoms with E-state index in [0.29, 0.717) is 49.8 Å². The van der Waals surface area contributed by atoms with Crippen LogP contribution in [0.25, 0.3) is 11.3 Å². The second-order valence-corrected chi connectivity index (χ2v) is 13.6. The van der Waals surface area contributed by atoms with E-state index in [0.717, 1.165) is 25.4 Å². The number of hydrogen-bond acceptors (Lipinski definition) is 6. The Morgan fingerprint density at radius 3 is 2.36 bits per heavy atom. The molecule has 3 heterocycles. The Kier molecular flexibility index (Phi) is 6.05. The molecule has 1 aliphatic carbocycles. The zero-order valence-corrected chi connectivity index (χ0v) is 22.0. The molecule has 2 aromatic rings. The highest BCUT2D eigenvalue weighted by Crippen LogP contribution is 2.51. The number of pyridine rings is 1. The van der Waals surface area contributed by atoms with Crippen molar-refractivity contribution in [3.8, 4) is 11.3 Å². The highest BCUT2D eigenvalue weighted by Gasteiger charge is 2.59. The number of halogens is 2. The van der Waals surface area contributed by atoms with Crippen LogP contribution in [0.3, 0.4) is 0 Å². The summed E-state index contributed by atoms with van der Waals surface area (Å²) >= 11 is 0. The van der Waals surface area contributed by atoms with Crippen molar-refractivity contribution in [2.24, 2.45) is 5.92 Å². The molecule has 1 saturated carbocycles. The smallest absolute Gasteiger partial charge is 0.295 e. The molecular formula is C23H29F2N5O4S2. The second kappa shape index (κ2) is 8.61. The van der Waals surface area contributed by atoms with Gasteiger partial charge in [-0.2, -0.15) is 12.7 Å². The topological polar surface area (TPSA) is 94.1 Å². The third-order valence-corrected chi connectivity index (χ3v) is 10.3. The van der Waals surface area contributed by atoms with E-state index in [1.807, 2.05) is 19.1 Å². The van der Waals surface area contributed by atoms with Gasteiger partial charge in [0.05, 0.1) is 29.0 Å². The molecule has 1 aromatic carbocycles. The molecule has 196 valence electrons. The van der Waals surface area contributed by atoms with E-state index in [2.05, 4.69) is 4.90 Å². The van der Waals surface area contributed by atoms with Crippen molar-refractivity contribution < 1.29 is 25.6 Å². The summed E-state index contributed by atoms with van der Waals surface area (Å²) in [6.45, 7) is 4.33. The summed E-state index contributed by atoms with van der Waals surface area (Å²) in [5.74, 6) is -3.78. The van der Waals surface area contributed by atoms with Crippen LogP contribution in [0.15, 0.2) is 30.3 Å². The highest BCUT2D eigenvalue weighted by molar-refractivity contribution is 7.94. The lowest BCUT2D eigenvalue weighted by Gasteiger charge is -2.33. The van der Waals surface area contributed by atoms with Gasteiger partial charge in [0, 0.05) is 64.2 Å². The molecule has 36 heavy (non-hydrogen) atoms. The van der Waals surface area contributed by atoms with E-state index in [1.165, 1.54) is 17.6 Å². The average Bonchev–Trinajstić information content (AvgIpc) is 3.37. The summed E-state index contributed by atoms with van der Waals surface area (Å²) < 4.78 is 80.1. The Morgan fingerprint density at radius 2 is 1.75 bits per heavy atom. The van der Waals surface area contributed by atoms with Crippen molar-refractivity contribution in [1.82, 2.24) is 14.2 Å². The molecule has 0 spiro atoms. The normalized spacial score (nSPS) is 23.6. The zero-order valence-electron chi connectivity index (χ0n) is 20.4. The fourth-order valence-corrected chi connectivity index (χ4v) is 7.08. The molecule has 0 N–H and O–H groups in total. The maximum absolute atomic E-state index is 13.5. The average molecular weight is 542 g/mol. The summed E-state index contributed by atoms with van der Waals surface area (Å²) in [5, 5.41) is 0. The Morgan fingerprint density at radius 1 is 1.08 bits per heavy atom. The van der Waals surface area contributed by atoms with Crippen LogP contribution in [-0.4, -0.2) is 83.0 Å².